The molecule has 5 heteroatoms. The first-order chi connectivity index (χ1) is 10.1. The molecule has 1 aromatic rings. The van der Waals surface area contributed by atoms with Crippen molar-refractivity contribution in [3.8, 4) is 5.75 Å². The Morgan fingerprint density at radius 1 is 1.19 bits per heavy atom. The van der Waals surface area contributed by atoms with Gasteiger partial charge in [-0.05, 0) is 32.4 Å². The SMILES string of the molecule is CCCCOC(NCOC)(Oc1ccccc1)OC(C)C. The Balaban J connectivity index is 2.85. The number of benzene rings is 1. The number of hydrogen-bond acceptors (Lipinski definition) is 5. The van der Waals surface area contributed by atoms with Crippen LogP contribution in [0.15, 0.2) is 30.3 Å². The summed E-state index contributed by atoms with van der Waals surface area (Å²) in [5.74, 6) is 0.665. The van der Waals surface area contributed by atoms with Gasteiger partial charge in [0.25, 0.3) is 0 Å². The van der Waals surface area contributed by atoms with Gasteiger partial charge in [0.15, 0.2) is 0 Å². The van der Waals surface area contributed by atoms with Crippen LogP contribution in [0.2, 0.25) is 0 Å². The number of methoxy groups -OCH3 is 1. The van der Waals surface area contributed by atoms with Crippen molar-refractivity contribution < 1.29 is 18.9 Å². The summed E-state index contributed by atoms with van der Waals surface area (Å²) in [4.78, 5) is 0. The average molecular weight is 297 g/mol. The second-order valence-corrected chi connectivity index (χ2v) is 4.95. The summed E-state index contributed by atoms with van der Waals surface area (Å²) in [7, 11) is 1.60. The molecule has 1 atom stereocenters. The summed E-state index contributed by atoms with van der Waals surface area (Å²) in [5, 5.41) is 3.03. The lowest BCUT2D eigenvalue weighted by atomic mass is 10.3. The summed E-state index contributed by atoms with van der Waals surface area (Å²) in [6, 6.07) is 9.44. The Labute approximate surface area is 127 Å². The van der Waals surface area contributed by atoms with Gasteiger partial charge in [-0.2, -0.15) is 0 Å². The van der Waals surface area contributed by atoms with Gasteiger partial charge in [0.1, 0.15) is 12.5 Å². The summed E-state index contributed by atoms with van der Waals surface area (Å²) in [6.07, 6.45) is 0.545. The second kappa shape index (κ2) is 9.73. The third-order valence-corrected chi connectivity index (χ3v) is 2.61. The maximum absolute atomic E-state index is 5.93. The maximum Gasteiger partial charge on any atom is 0.399 e. The monoisotopic (exact) mass is 297 g/mol. The molecule has 0 aliphatic heterocycles. The van der Waals surface area contributed by atoms with E-state index in [9.17, 15) is 0 Å². The lowest BCUT2D eigenvalue weighted by Gasteiger charge is -2.35. The van der Waals surface area contributed by atoms with Crippen LogP contribution >= 0.6 is 0 Å². The minimum atomic E-state index is -1.35. The topological polar surface area (TPSA) is 49.0 Å². The van der Waals surface area contributed by atoms with Crippen molar-refractivity contribution >= 4 is 0 Å². The molecule has 21 heavy (non-hydrogen) atoms. The maximum atomic E-state index is 5.93. The Kier molecular flexibility index (Phi) is 8.30. The van der Waals surface area contributed by atoms with Crippen molar-refractivity contribution in [3.05, 3.63) is 30.3 Å². The fraction of sp³-hybridized carbons (Fsp3) is 0.625. The molecule has 120 valence electrons. The van der Waals surface area contributed by atoms with E-state index in [4.69, 9.17) is 18.9 Å². The van der Waals surface area contributed by atoms with E-state index in [0.29, 0.717) is 12.4 Å². The highest BCUT2D eigenvalue weighted by molar-refractivity contribution is 5.21. The van der Waals surface area contributed by atoms with Crippen LogP contribution in [0.3, 0.4) is 0 Å². The lowest BCUT2D eigenvalue weighted by Crippen LogP contribution is -2.56. The molecule has 0 radical (unpaired) electrons. The van der Waals surface area contributed by atoms with Crippen LogP contribution in [0.4, 0.5) is 0 Å². The van der Waals surface area contributed by atoms with Crippen molar-refractivity contribution in [2.45, 2.75) is 45.8 Å². The molecule has 1 N–H and O–H groups in total. The van der Waals surface area contributed by atoms with Crippen LogP contribution in [0, 0.1) is 0 Å². The standard InChI is InChI=1S/C16H27NO4/c1-5-6-12-19-16(17-13-18-4,20-14(2)3)21-15-10-8-7-9-11-15/h7-11,14,17H,5-6,12-13H2,1-4H3. The zero-order valence-electron chi connectivity index (χ0n) is 13.4. The largest absolute Gasteiger partial charge is 0.427 e. The predicted octanol–water partition coefficient (Wildman–Crippen LogP) is 3.11. The molecule has 0 saturated heterocycles. The van der Waals surface area contributed by atoms with E-state index in [1.807, 2.05) is 44.2 Å². The first-order valence-corrected chi connectivity index (χ1v) is 7.41. The van der Waals surface area contributed by atoms with Crippen LogP contribution in [0.5, 0.6) is 5.75 Å². The van der Waals surface area contributed by atoms with Gasteiger partial charge in [-0.25, -0.2) is 5.32 Å². The molecule has 1 rings (SSSR count). The quantitative estimate of drug-likeness (QED) is 0.502. The predicted molar refractivity (Wildman–Crippen MR) is 81.9 cm³/mol. The van der Waals surface area contributed by atoms with Crippen LogP contribution in [0.1, 0.15) is 33.6 Å². The number of hydrogen-bond donors (Lipinski definition) is 1. The van der Waals surface area contributed by atoms with E-state index < -0.39 is 6.10 Å². The molecule has 0 fully saturated rings. The first-order valence-electron chi connectivity index (χ1n) is 7.41. The van der Waals surface area contributed by atoms with Crippen molar-refractivity contribution in [2.75, 3.05) is 20.4 Å². The summed E-state index contributed by atoms with van der Waals surface area (Å²) < 4.78 is 22.7. The molecule has 1 aromatic carbocycles. The first kappa shape index (κ1) is 17.9. The van der Waals surface area contributed by atoms with Gasteiger partial charge < -0.3 is 18.9 Å². The summed E-state index contributed by atoms with van der Waals surface area (Å²) in [5.41, 5.74) is 0. The zero-order valence-corrected chi connectivity index (χ0v) is 13.4. The van der Waals surface area contributed by atoms with Crippen molar-refractivity contribution in [1.29, 1.82) is 0 Å². The number of ether oxygens (including phenoxy) is 4. The number of nitrogens with one attached hydrogen (secondary N) is 1. The third-order valence-electron chi connectivity index (χ3n) is 2.61. The smallest absolute Gasteiger partial charge is 0.399 e. The minimum Gasteiger partial charge on any atom is -0.427 e. The van der Waals surface area contributed by atoms with E-state index >= 15 is 0 Å². The minimum absolute atomic E-state index is 0.0697. The van der Waals surface area contributed by atoms with E-state index in [1.165, 1.54) is 0 Å². The normalized spacial score (nSPS) is 14.1. The van der Waals surface area contributed by atoms with Crippen LogP contribution < -0.4 is 10.1 Å². The van der Waals surface area contributed by atoms with Crippen LogP contribution in [-0.2, 0) is 14.2 Å². The molecule has 0 saturated carbocycles. The molecule has 0 bridgehead atoms. The van der Waals surface area contributed by atoms with Gasteiger partial charge in [-0.1, -0.05) is 31.5 Å². The number of unbranched alkanes of at least 4 members (excludes halogenated alkanes) is 1. The molecule has 0 amide bonds. The molecular weight excluding hydrogens is 270 g/mol. The van der Waals surface area contributed by atoms with Crippen molar-refractivity contribution in [1.82, 2.24) is 5.32 Å². The fourth-order valence-corrected chi connectivity index (χ4v) is 1.68. The summed E-state index contributed by atoms with van der Waals surface area (Å²) >= 11 is 0. The van der Waals surface area contributed by atoms with Crippen LogP contribution in [0.25, 0.3) is 0 Å². The van der Waals surface area contributed by atoms with Gasteiger partial charge >= 0.3 is 6.10 Å². The molecule has 0 aliphatic rings. The van der Waals surface area contributed by atoms with Gasteiger partial charge in [-0.3, -0.25) is 0 Å². The number of rotatable bonds is 11. The van der Waals surface area contributed by atoms with Gasteiger partial charge in [0, 0.05) is 7.11 Å². The van der Waals surface area contributed by atoms with Crippen molar-refractivity contribution in [2.24, 2.45) is 0 Å². The highest BCUT2D eigenvalue weighted by Crippen LogP contribution is 2.21. The third kappa shape index (κ3) is 6.91. The molecule has 0 heterocycles. The molecule has 0 aliphatic carbocycles. The van der Waals surface area contributed by atoms with E-state index in [-0.39, 0.29) is 12.8 Å². The van der Waals surface area contributed by atoms with Gasteiger partial charge in [-0.15, -0.1) is 0 Å². The Bertz CT molecular complexity index is 372. The van der Waals surface area contributed by atoms with Crippen LogP contribution in [-0.4, -0.2) is 32.6 Å². The van der Waals surface area contributed by atoms with E-state index in [1.54, 1.807) is 7.11 Å². The lowest BCUT2D eigenvalue weighted by molar-refractivity contribution is -0.376. The Morgan fingerprint density at radius 2 is 1.90 bits per heavy atom. The fourth-order valence-electron chi connectivity index (χ4n) is 1.68. The van der Waals surface area contributed by atoms with Crippen molar-refractivity contribution in [3.63, 3.8) is 0 Å². The highest BCUT2D eigenvalue weighted by Gasteiger charge is 2.36. The number of para-hydroxylation sites is 1. The summed E-state index contributed by atoms with van der Waals surface area (Å²) in [6.45, 7) is 6.76. The van der Waals surface area contributed by atoms with Gasteiger partial charge in [0.05, 0.1) is 12.7 Å². The second-order valence-electron chi connectivity index (χ2n) is 4.95. The van der Waals surface area contributed by atoms with E-state index in [2.05, 4.69) is 12.2 Å². The molecule has 0 spiro atoms. The molecular formula is C16H27NO4. The Morgan fingerprint density at radius 3 is 2.48 bits per heavy atom. The molecule has 1 unspecified atom stereocenters. The Hall–Kier alpha value is -1.14. The highest BCUT2D eigenvalue weighted by atomic mass is 16.9. The zero-order chi connectivity index (χ0) is 15.6. The average Bonchev–Trinajstić information content (AvgIpc) is 2.46. The van der Waals surface area contributed by atoms with E-state index in [0.717, 1.165) is 12.8 Å². The molecule has 0 aromatic heterocycles. The molecule has 5 nitrogen and oxygen atoms in total. The van der Waals surface area contributed by atoms with Gasteiger partial charge in [0.2, 0.25) is 0 Å².